The second-order valence-corrected chi connectivity index (χ2v) is 8.36. The molecule has 0 saturated heterocycles. The molecule has 0 aliphatic carbocycles. The Morgan fingerprint density at radius 1 is 0.971 bits per heavy atom. The number of hydrogen-bond acceptors (Lipinski definition) is 6. The number of benzene rings is 3. The number of para-hydroxylation sites is 1. The molecule has 178 valence electrons. The molecule has 7 nitrogen and oxygen atoms in total. The van der Waals surface area contributed by atoms with Crippen LogP contribution in [0.15, 0.2) is 89.5 Å². The van der Waals surface area contributed by atoms with Gasteiger partial charge in [-0.05, 0) is 43.2 Å². The SMILES string of the molecule is CCOS(=O)(=O)[O-].CC[n+]1c(/C=C/N(C)c2ccccc2)oc2ccc(-c3ccccc3)cc21. The molecule has 3 aromatic carbocycles. The van der Waals surface area contributed by atoms with E-state index in [-0.39, 0.29) is 6.61 Å². The Morgan fingerprint density at radius 3 is 2.18 bits per heavy atom. The highest BCUT2D eigenvalue weighted by atomic mass is 32.3. The van der Waals surface area contributed by atoms with E-state index in [2.05, 4.69) is 75.2 Å². The van der Waals surface area contributed by atoms with E-state index < -0.39 is 10.4 Å². The maximum Gasteiger partial charge on any atom is 0.375 e. The second kappa shape index (κ2) is 11.6. The van der Waals surface area contributed by atoms with Gasteiger partial charge < -0.3 is 13.9 Å². The first-order valence-electron chi connectivity index (χ1n) is 10.9. The van der Waals surface area contributed by atoms with Gasteiger partial charge in [-0.2, -0.15) is 4.57 Å². The molecule has 1 heterocycles. The molecule has 0 saturated carbocycles. The summed E-state index contributed by atoms with van der Waals surface area (Å²) in [6, 6.07) is 27.1. The molecule has 8 heteroatoms. The summed E-state index contributed by atoms with van der Waals surface area (Å²) in [5.41, 5.74) is 5.56. The monoisotopic (exact) mass is 480 g/mol. The summed E-state index contributed by atoms with van der Waals surface area (Å²) in [5, 5.41) is 0. The van der Waals surface area contributed by atoms with Gasteiger partial charge in [0.2, 0.25) is 16.0 Å². The zero-order chi connectivity index (χ0) is 24.6. The van der Waals surface area contributed by atoms with Crippen molar-refractivity contribution in [3.63, 3.8) is 0 Å². The lowest BCUT2D eigenvalue weighted by molar-refractivity contribution is -0.674. The van der Waals surface area contributed by atoms with E-state index in [0.717, 1.165) is 29.2 Å². The van der Waals surface area contributed by atoms with Gasteiger partial charge in [0.25, 0.3) is 5.52 Å². The van der Waals surface area contributed by atoms with E-state index in [4.69, 9.17) is 4.42 Å². The third-order valence-electron chi connectivity index (χ3n) is 5.02. The van der Waals surface area contributed by atoms with Crippen LogP contribution < -0.4 is 9.47 Å². The number of aromatic nitrogens is 1. The Balaban J connectivity index is 0.000000406. The van der Waals surface area contributed by atoms with E-state index in [1.165, 1.54) is 18.1 Å². The van der Waals surface area contributed by atoms with Gasteiger partial charge in [0.1, 0.15) is 6.54 Å². The highest BCUT2D eigenvalue weighted by Gasteiger charge is 2.19. The number of oxazole rings is 1. The molecule has 0 N–H and O–H groups in total. The Hall–Kier alpha value is -3.46. The van der Waals surface area contributed by atoms with Crippen LogP contribution in [-0.2, 0) is 21.1 Å². The molecule has 0 aliphatic heterocycles. The molecule has 0 aliphatic rings. The van der Waals surface area contributed by atoms with Crippen LogP contribution in [0.1, 0.15) is 19.7 Å². The third-order valence-corrected chi connectivity index (χ3v) is 5.54. The molecule has 1 aromatic heterocycles. The van der Waals surface area contributed by atoms with E-state index >= 15 is 0 Å². The lowest BCUT2D eigenvalue weighted by Gasteiger charge is -2.12. The average molecular weight is 481 g/mol. The van der Waals surface area contributed by atoms with E-state index in [9.17, 15) is 13.0 Å². The number of hydrogen-bond donors (Lipinski definition) is 0. The Labute approximate surface area is 200 Å². The van der Waals surface area contributed by atoms with Gasteiger partial charge in [-0.25, -0.2) is 8.42 Å². The molecule has 4 rings (SSSR count). The van der Waals surface area contributed by atoms with Crippen molar-refractivity contribution in [1.29, 1.82) is 0 Å². The fourth-order valence-corrected chi connectivity index (χ4v) is 3.72. The van der Waals surface area contributed by atoms with Crippen molar-refractivity contribution in [2.75, 3.05) is 18.6 Å². The third kappa shape index (κ3) is 6.77. The van der Waals surface area contributed by atoms with E-state index in [1.54, 1.807) is 0 Å². The van der Waals surface area contributed by atoms with Crippen molar-refractivity contribution in [2.45, 2.75) is 20.4 Å². The van der Waals surface area contributed by atoms with Gasteiger partial charge in [0, 0.05) is 25.0 Å². The van der Waals surface area contributed by atoms with Gasteiger partial charge in [-0.3, -0.25) is 4.18 Å². The largest absolute Gasteiger partial charge is 0.726 e. The first-order chi connectivity index (χ1) is 16.3. The van der Waals surface area contributed by atoms with Crippen LogP contribution in [-0.4, -0.2) is 26.6 Å². The zero-order valence-corrected chi connectivity index (χ0v) is 20.2. The molecule has 0 spiro atoms. The predicted octanol–water partition coefficient (Wildman–Crippen LogP) is 5.00. The van der Waals surface area contributed by atoms with Gasteiger partial charge in [0.05, 0.1) is 12.7 Å². The van der Waals surface area contributed by atoms with Crippen molar-refractivity contribution < 1.29 is 26.1 Å². The van der Waals surface area contributed by atoms with Crippen LogP contribution in [0.4, 0.5) is 5.69 Å². The molecule has 0 bridgehead atoms. The number of rotatable bonds is 7. The summed E-state index contributed by atoms with van der Waals surface area (Å²) in [6.45, 7) is 4.32. The molecule has 0 radical (unpaired) electrons. The Morgan fingerprint density at radius 2 is 1.62 bits per heavy atom. The predicted molar refractivity (Wildman–Crippen MR) is 133 cm³/mol. The minimum Gasteiger partial charge on any atom is -0.726 e. The minimum absolute atomic E-state index is 0.0914. The maximum absolute atomic E-state index is 9.45. The minimum atomic E-state index is -4.42. The van der Waals surface area contributed by atoms with Crippen LogP contribution in [0.5, 0.6) is 0 Å². The van der Waals surface area contributed by atoms with Crippen molar-refractivity contribution in [2.24, 2.45) is 0 Å². The Kier molecular flexibility index (Phi) is 8.59. The fourth-order valence-electron chi connectivity index (χ4n) is 3.43. The van der Waals surface area contributed by atoms with Gasteiger partial charge in [-0.15, -0.1) is 0 Å². The standard InChI is InChI=1S/C24H23N2O.C2H6O4S/c1-3-26-22-18-20(19-10-6-4-7-11-19)14-15-23(22)27-24(26)16-17-25(2)21-12-8-5-9-13-21;1-2-6-7(3,4)5/h4-18H,3H2,1-2H3;2H2,1H3,(H,3,4,5)/q+1;/p-1. The van der Waals surface area contributed by atoms with Crippen LogP contribution in [0.3, 0.4) is 0 Å². The lowest BCUT2D eigenvalue weighted by Crippen LogP contribution is -2.33. The van der Waals surface area contributed by atoms with Crippen molar-refractivity contribution >= 4 is 33.3 Å². The van der Waals surface area contributed by atoms with Crippen molar-refractivity contribution in [1.82, 2.24) is 0 Å². The quantitative estimate of drug-likeness (QED) is 0.210. The molecule has 0 atom stereocenters. The molecule has 0 unspecified atom stereocenters. The van der Waals surface area contributed by atoms with E-state index in [1.807, 2.05) is 43.6 Å². The molecule has 34 heavy (non-hydrogen) atoms. The molecule has 0 fully saturated rings. The molecule has 4 aromatic rings. The number of fused-ring (bicyclic) bond motifs is 1. The first kappa shape index (κ1) is 25.2. The smallest absolute Gasteiger partial charge is 0.375 e. The second-order valence-electron chi connectivity index (χ2n) is 7.31. The number of anilines is 1. The lowest BCUT2D eigenvalue weighted by atomic mass is 10.1. The van der Waals surface area contributed by atoms with Crippen LogP contribution in [0.2, 0.25) is 0 Å². The van der Waals surface area contributed by atoms with E-state index in [0.29, 0.717) is 0 Å². The topological polar surface area (TPSA) is 86.7 Å². The summed E-state index contributed by atoms with van der Waals surface area (Å²) in [4.78, 5) is 2.09. The first-order valence-corrected chi connectivity index (χ1v) is 12.2. The van der Waals surface area contributed by atoms with Crippen LogP contribution in [0, 0.1) is 0 Å². The summed E-state index contributed by atoms with van der Waals surface area (Å²) in [6.07, 6.45) is 4.07. The highest BCUT2D eigenvalue weighted by molar-refractivity contribution is 7.80. The fraction of sp³-hybridized carbons (Fsp3) is 0.192. The normalized spacial score (nSPS) is 11.4. The molecule has 0 amide bonds. The summed E-state index contributed by atoms with van der Waals surface area (Å²) in [7, 11) is -2.38. The van der Waals surface area contributed by atoms with Gasteiger partial charge in [0.15, 0.2) is 0 Å². The summed E-state index contributed by atoms with van der Waals surface area (Å²) in [5.74, 6) is 0.848. The summed E-state index contributed by atoms with van der Waals surface area (Å²) < 4.78 is 40.3. The van der Waals surface area contributed by atoms with Crippen LogP contribution >= 0.6 is 0 Å². The average Bonchev–Trinajstić information content (AvgIpc) is 3.20. The zero-order valence-electron chi connectivity index (χ0n) is 19.4. The summed E-state index contributed by atoms with van der Waals surface area (Å²) >= 11 is 0. The van der Waals surface area contributed by atoms with Gasteiger partial charge >= 0.3 is 5.89 Å². The molecular formula is C26H28N2O5S. The number of aryl methyl sites for hydroxylation is 1. The van der Waals surface area contributed by atoms with Gasteiger partial charge in [-0.1, -0.05) is 54.6 Å². The van der Waals surface area contributed by atoms with Crippen molar-refractivity contribution in [3.8, 4) is 11.1 Å². The highest BCUT2D eigenvalue weighted by Crippen LogP contribution is 2.24. The van der Waals surface area contributed by atoms with Crippen LogP contribution in [0.25, 0.3) is 28.3 Å². The van der Waals surface area contributed by atoms with Crippen molar-refractivity contribution in [3.05, 3.63) is 91.0 Å². The maximum atomic E-state index is 9.45. The Bertz CT molecular complexity index is 1330. The molecular weight excluding hydrogens is 452 g/mol. The number of nitrogens with zero attached hydrogens (tertiary/aromatic N) is 2.